The first-order chi connectivity index (χ1) is 14.1. The number of rotatable bonds is 6. The summed E-state index contributed by atoms with van der Waals surface area (Å²) in [5, 5.41) is 2.94. The molecule has 0 atom stereocenters. The zero-order valence-corrected chi connectivity index (χ0v) is 19.6. The molecule has 1 heterocycles. The average molecular weight is 422 g/mol. The van der Waals surface area contributed by atoms with Crippen LogP contribution in [0.1, 0.15) is 64.9 Å². The Bertz CT molecular complexity index is 1040. The van der Waals surface area contributed by atoms with Crippen LogP contribution < -0.4 is 5.32 Å². The van der Waals surface area contributed by atoms with Gasteiger partial charge in [0, 0.05) is 11.4 Å². The van der Waals surface area contributed by atoms with Crippen LogP contribution >= 0.6 is 11.8 Å². The highest BCUT2D eigenvalue weighted by atomic mass is 32.2. The summed E-state index contributed by atoms with van der Waals surface area (Å²) in [6, 6.07) is 16.5. The van der Waals surface area contributed by atoms with E-state index in [0.717, 1.165) is 11.3 Å². The Hall–Kier alpha value is -2.46. The first-order valence-corrected chi connectivity index (χ1v) is 11.3. The van der Waals surface area contributed by atoms with Crippen molar-refractivity contribution < 1.29 is 9.21 Å². The molecule has 4 heteroatoms. The lowest BCUT2D eigenvalue weighted by molar-refractivity contribution is 0.0921. The summed E-state index contributed by atoms with van der Waals surface area (Å²) in [5.74, 6) is 1.67. The summed E-state index contributed by atoms with van der Waals surface area (Å²) in [6.45, 7) is 13.5. The highest BCUT2D eigenvalue weighted by Gasteiger charge is 2.16. The van der Waals surface area contributed by atoms with Crippen molar-refractivity contribution in [3.05, 3.63) is 87.9 Å². The van der Waals surface area contributed by atoms with Crippen LogP contribution in [0.2, 0.25) is 0 Å². The van der Waals surface area contributed by atoms with Crippen LogP contribution in [0.4, 0.5) is 0 Å². The quantitative estimate of drug-likeness (QED) is 0.449. The highest BCUT2D eigenvalue weighted by Crippen LogP contribution is 2.31. The number of furan rings is 1. The molecule has 0 aliphatic heterocycles. The van der Waals surface area contributed by atoms with Gasteiger partial charge in [-0.2, -0.15) is 0 Å². The highest BCUT2D eigenvalue weighted by molar-refractivity contribution is 7.98. The molecular weight excluding hydrogens is 390 g/mol. The van der Waals surface area contributed by atoms with E-state index >= 15 is 0 Å². The minimum Gasteiger partial charge on any atom is -0.455 e. The van der Waals surface area contributed by atoms with Crippen LogP contribution in [0.5, 0.6) is 0 Å². The van der Waals surface area contributed by atoms with E-state index in [-0.39, 0.29) is 11.3 Å². The number of hydrogen-bond acceptors (Lipinski definition) is 3. The van der Waals surface area contributed by atoms with Gasteiger partial charge in [-0.05, 0) is 72.2 Å². The van der Waals surface area contributed by atoms with E-state index in [9.17, 15) is 4.79 Å². The van der Waals surface area contributed by atoms with E-state index in [1.54, 1.807) is 17.8 Å². The number of amides is 1. The van der Waals surface area contributed by atoms with Crippen molar-refractivity contribution in [2.75, 3.05) is 0 Å². The van der Waals surface area contributed by atoms with Crippen molar-refractivity contribution >= 4 is 17.7 Å². The molecule has 3 rings (SSSR count). The van der Waals surface area contributed by atoms with Gasteiger partial charge in [-0.25, -0.2) is 0 Å². The minimum absolute atomic E-state index is 0.120. The number of carbonyl (C=O) groups is 1. The van der Waals surface area contributed by atoms with Gasteiger partial charge >= 0.3 is 0 Å². The summed E-state index contributed by atoms with van der Waals surface area (Å²) in [7, 11) is 0. The van der Waals surface area contributed by atoms with Crippen molar-refractivity contribution in [2.45, 2.75) is 64.2 Å². The van der Waals surface area contributed by atoms with Gasteiger partial charge in [0.1, 0.15) is 5.76 Å². The lowest BCUT2D eigenvalue weighted by Gasteiger charge is -2.20. The first-order valence-electron chi connectivity index (χ1n) is 10.3. The fraction of sp³-hybridized carbons (Fsp3) is 0.346. The molecule has 0 radical (unpaired) electrons. The molecule has 158 valence electrons. The van der Waals surface area contributed by atoms with E-state index in [1.165, 1.54) is 27.1 Å². The fourth-order valence-electron chi connectivity index (χ4n) is 3.13. The smallest absolute Gasteiger partial charge is 0.287 e. The molecule has 0 saturated heterocycles. The second-order valence-corrected chi connectivity index (χ2v) is 9.90. The monoisotopic (exact) mass is 421 g/mol. The summed E-state index contributed by atoms with van der Waals surface area (Å²) >= 11 is 1.74. The summed E-state index contributed by atoms with van der Waals surface area (Å²) in [5.41, 5.74) is 6.26. The second-order valence-electron chi connectivity index (χ2n) is 8.89. The zero-order valence-electron chi connectivity index (χ0n) is 18.8. The number of hydrogen-bond donors (Lipinski definition) is 1. The molecule has 3 nitrogen and oxygen atoms in total. The Morgan fingerprint density at radius 3 is 2.37 bits per heavy atom. The van der Waals surface area contributed by atoms with Crippen LogP contribution in [0.15, 0.2) is 57.8 Å². The summed E-state index contributed by atoms with van der Waals surface area (Å²) in [6.07, 6.45) is 0. The van der Waals surface area contributed by atoms with Gasteiger partial charge in [0.15, 0.2) is 5.76 Å². The van der Waals surface area contributed by atoms with Gasteiger partial charge in [-0.15, -0.1) is 11.8 Å². The van der Waals surface area contributed by atoms with Gasteiger partial charge < -0.3 is 9.73 Å². The molecule has 0 aliphatic carbocycles. The Morgan fingerprint density at radius 1 is 0.933 bits per heavy atom. The van der Waals surface area contributed by atoms with E-state index in [1.807, 2.05) is 12.1 Å². The third-order valence-electron chi connectivity index (χ3n) is 5.33. The van der Waals surface area contributed by atoms with E-state index in [2.05, 4.69) is 77.2 Å². The van der Waals surface area contributed by atoms with Crippen LogP contribution in [-0.4, -0.2) is 5.91 Å². The average Bonchev–Trinajstić information content (AvgIpc) is 3.16. The van der Waals surface area contributed by atoms with Crippen LogP contribution in [0, 0.1) is 20.8 Å². The standard InChI is InChI=1S/C26H31NO2S/c1-17-7-9-20(13-19(17)3)15-27-25(28)23-12-11-22(29-23)16-30-24-14-21(26(4,5)6)10-8-18(24)2/h7-14H,15-16H2,1-6H3,(H,27,28). The Labute approximate surface area is 184 Å². The van der Waals surface area contributed by atoms with E-state index < -0.39 is 0 Å². The number of thioether (sulfide) groups is 1. The van der Waals surface area contributed by atoms with Crippen molar-refractivity contribution in [3.8, 4) is 0 Å². The molecule has 30 heavy (non-hydrogen) atoms. The number of benzene rings is 2. The second kappa shape index (κ2) is 9.13. The molecule has 0 saturated carbocycles. The number of nitrogens with one attached hydrogen (secondary N) is 1. The molecule has 3 aromatic rings. The molecule has 2 aromatic carbocycles. The maximum absolute atomic E-state index is 12.5. The van der Waals surface area contributed by atoms with Crippen LogP contribution in [0.25, 0.3) is 0 Å². The number of aryl methyl sites for hydroxylation is 3. The summed E-state index contributed by atoms with van der Waals surface area (Å²) < 4.78 is 5.80. The van der Waals surface area contributed by atoms with Crippen molar-refractivity contribution in [1.82, 2.24) is 5.32 Å². The number of carbonyl (C=O) groups excluding carboxylic acids is 1. The Morgan fingerprint density at radius 2 is 1.67 bits per heavy atom. The third-order valence-corrected chi connectivity index (χ3v) is 6.51. The van der Waals surface area contributed by atoms with Gasteiger partial charge in [0.2, 0.25) is 0 Å². The Balaban J connectivity index is 1.60. The Kier molecular flexibility index (Phi) is 6.77. The van der Waals surface area contributed by atoms with Gasteiger partial charge in [0.05, 0.1) is 5.75 Å². The molecule has 0 unspecified atom stereocenters. The minimum atomic E-state index is -0.185. The van der Waals surface area contributed by atoms with Crippen LogP contribution in [0.3, 0.4) is 0 Å². The van der Waals surface area contributed by atoms with Crippen molar-refractivity contribution in [1.29, 1.82) is 0 Å². The van der Waals surface area contributed by atoms with Crippen molar-refractivity contribution in [3.63, 3.8) is 0 Å². The van der Waals surface area contributed by atoms with Gasteiger partial charge in [0.25, 0.3) is 5.91 Å². The fourth-order valence-corrected chi connectivity index (χ4v) is 4.09. The van der Waals surface area contributed by atoms with E-state index in [0.29, 0.717) is 18.1 Å². The lowest BCUT2D eigenvalue weighted by atomic mass is 9.87. The third kappa shape index (κ3) is 5.57. The molecule has 1 amide bonds. The van der Waals surface area contributed by atoms with E-state index in [4.69, 9.17) is 4.42 Å². The summed E-state index contributed by atoms with van der Waals surface area (Å²) in [4.78, 5) is 13.7. The van der Waals surface area contributed by atoms with Gasteiger partial charge in [-0.1, -0.05) is 51.1 Å². The predicted octanol–water partition coefficient (Wildman–Crippen LogP) is 6.72. The maximum Gasteiger partial charge on any atom is 0.287 e. The largest absolute Gasteiger partial charge is 0.455 e. The molecule has 0 fully saturated rings. The topological polar surface area (TPSA) is 42.2 Å². The normalized spacial score (nSPS) is 11.5. The molecular formula is C26H31NO2S. The first kappa shape index (κ1) is 22.2. The molecule has 0 bridgehead atoms. The van der Waals surface area contributed by atoms with Crippen molar-refractivity contribution in [2.24, 2.45) is 0 Å². The van der Waals surface area contributed by atoms with Crippen LogP contribution in [-0.2, 0) is 17.7 Å². The molecule has 1 aromatic heterocycles. The molecule has 0 aliphatic rings. The van der Waals surface area contributed by atoms with Gasteiger partial charge in [-0.3, -0.25) is 4.79 Å². The molecule has 1 N–H and O–H groups in total. The SMILES string of the molecule is Cc1ccc(CNC(=O)c2ccc(CSc3cc(C(C)(C)C)ccc3C)o2)cc1C. The molecule has 0 spiro atoms. The lowest BCUT2D eigenvalue weighted by Crippen LogP contribution is -2.22. The zero-order chi connectivity index (χ0) is 21.9. The predicted molar refractivity (Wildman–Crippen MR) is 125 cm³/mol. The maximum atomic E-state index is 12.5.